The molecule has 0 amide bonds. The first kappa shape index (κ1) is 13.5. The highest BCUT2D eigenvalue weighted by molar-refractivity contribution is 9.10. The van der Waals surface area contributed by atoms with Gasteiger partial charge in [0, 0.05) is 11.0 Å². The summed E-state index contributed by atoms with van der Waals surface area (Å²) >= 11 is 3.20. The number of nitrogen functional groups attached to an aromatic ring is 1. The molecule has 0 saturated carbocycles. The molecule has 1 heterocycles. The number of nitrogens with two attached hydrogens (primary N) is 1. The van der Waals surface area contributed by atoms with Crippen LogP contribution in [0.3, 0.4) is 0 Å². The highest BCUT2D eigenvalue weighted by Gasteiger charge is 2.10. The Morgan fingerprint density at radius 1 is 1.32 bits per heavy atom. The monoisotopic (exact) mass is 325 g/mol. The molecule has 19 heavy (non-hydrogen) atoms. The Labute approximate surface area is 118 Å². The number of halogens is 2. The molecule has 0 atom stereocenters. The van der Waals surface area contributed by atoms with Crippen LogP contribution >= 0.6 is 15.9 Å². The lowest BCUT2D eigenvalue weighted by molar-refractivity contribution is 0.631. The third-order valence-corrected chi connectivity index (χ3v) is 2.91. The molecule has 100 valence electrons. The van der Waals surface area contributed by atoms with Gasteiger partial charge in [-0.1, -0.05) is 15.9 Å². The zero-order valence-electron chi connectivity index (χ0n) is 10.2. The Kier molecular flexibility index (Phi) is 4.16. The summed E-state index contributed by atoms with van der Waals surface area (Å²) in [4.78, 5) is 8.03. The van der Waals surface area contributed by atoms with Crippen LogP contribution < -0.4 is 16.4 Å². The molecule has 0 bridgehead atoms. The van der Waals surface area contributed by atoms with E-state index in [4.69, 9.17) is 5.73 Å². The lowest BCUT2D eigenvalue weighted by Crippen LogP contribution is -2.07. The fraction of sp³-hybridized carbons (Fsp3) is 0.167. The zero-order chi connectivity index (χ0) is 13.8. The summed E-state index contributed by atoms with van der Waals surface area (Å²) in [7, 11) is 0. The van der Waals surface area contributed by atoms with Crippen molar-refractivity contribution < 1.29 is 4.39 Å². The molecular weight excluding hydrogens is 313 g/mol. The molecule has 0 unspecified atom stereocenters. The molecule has 2 aromatic rings. The van der Waals surface area contributed by atoms with Crippen molar-refractivity contribution in [3.8, 4) is 0 Å². The van der Waals surface area contributed by atoms with Crippen LogP contribution in [0, 0.1) is 5.82 Å². The van der Waals surface area contributed by atoms with E-state index in [0.29, 0.717) is 34.0 Å². The number of hydrogen-bond acceptors (Lipinski definition) is 5. The second-order valence-electron chi connectivity index (χ2n) is 3.76. The summed E-state index contributed by atoms with van der Waals surface area (Å²) < 4.78 is 14.4. The second-order valence-corrected chi connectivity index (χ2v) is 4.68. The SMILES string of the molecule is CCNc1ncnc(Nc2ccc(Br)cc2F)c1N. The third kappa shape index (κ3) is 3.11. The molecule has 0 aliphatic carbocycles. The van der Waals surface area contributed by atoms with Gasteiger partial charge in [-0.05, 0) is 25.1 Å². The number of benzene rings is 1. The van der Waals surface area contributed by atoms with Crippen LogP contribution in [0.5, 0.6) is 0 Å². The van der Waals surface area contributed by atoms with Crippen molar-refractivity contribution in [2.24, 2.45) is 0 Å². The van der Waals surface area contributed by atoms with Gasteiger partial charge in [0.25, 0.3) is 0 Å². The molecule has 0 aliphatic heterocycles. The minimum Gasteiger partial charge on any atom is -0.393 e. The van der Waals surface area contributed by atoms with Crippen LogP contribution in [0.4, 0.5) is 27.4 Å². The molecule has 0 spiro atoms. The molecule has 2 rings (SSSR count). The standard InChI is InChI=1S/C12H13BrFN5/c1-2-16-11-10(15)12(18-6-17-11)19-9-4-3-7(13)5-8(9)14/h3-6H,2,15H2,1H3,(H2,16,17,18,19). The summed E-state index contributed by atoms with van der Waals surface area (Å²) in [5.74, 6) is 0.502. The quantitative estimate of drug-likeness (QED) is 0.805. The largest absolute Gasteiger partial charge is 0.393 e. The van der Waals surface area contributed by atoms with Crippen LogP contribution in [-0.2, 0) is 0 Å². The predicted molar refractivity (Wildman–Crippen MR) is 78.0 cm³/mol. The van der Waals surface area contributed by atoms with Crippen LogP contribution in [0.2, 0.25) is 0 Å². The maximum Gasteiger partial charge on any atom is 0.159 e. The first-order chi connectivity index (χ1) is 9.11. The Morgan fingerprint density at radius 3 is 2.74 bits per heavy atom. The van der Waals surface area contributed by atoms with E-state index in [9.17, 15) is 4.39 Å². The van der Waals surface area contributed by atoms with Gasteiger partial charge in [-0.2, -0.15) is 0 Å². The fourth-order valence-electron chi connectivity index (χ4n) is 1.52. The van der Waals surface area contributed by atoms with Crippen LogP contribution in [0.15, 0.2) is 29.0 Å². The van der Waals surface area contributed by atoms with Crippen molar-refractivity contribution in [2.75, 3.05) is 22.9 Å². The maximum absolute atomic E-state index is 13.7. The number of rotatable bonds is 4. The molecule has 7 heteroatoms. The minimum atomic E-state index is -0.391. The highest BCUT2D eigenvalue weighted by atomic mass is 79.9. The van der Waals surface area contributed by atoms with Gasteiger partial charge in [0.1, 0.15) is 17.8 Å². The number of nitrogens with zero attached hydrogens (tertiary/aromatic N) is 2. The second kappa shape index (κ2) is 5.83. The predicted octanol–water partition coefficient (Wildman–Crippen LogP) is 3.14. The Hall–Kier alpha value is -1.89. The van der Waals surface area contributed by atoms with Crippen molar-refractivity contribution >= 4 is 38.9 Å². The first-order valence-electron chi connectivity index (χ1n) is 5.68. The molecular formula is C12H13BrFN5. The minimum absolute atomic E-state index is 0.302. The van der Waals surface area contributed by atoms with E-state index in [2.05, 4.69) is 36.5 Å². The summed E-state index contributed by atoms with van der Waals surface area (Å²) in [6.07, 6.45) is 1.37. The molecule has 1 aromatic carbocycles. The maximum atomic E-state index is 13.7. The van der Waals surface area contributed by atoms with E-state index in [0.717, 1.165) is 0 Å². The summed E-state index contributed by atoms with van der Waals surface area (Å²) in [6.45, 7) is 2.62. The Bertz CT molecular complexity index is 590. The average molecular weight is 326 g/mol. The van der Waals surface area contributed by atoms with E-state index in [1.54, 1.807) is 12.1 Å². The molecule has 1 aromatic heterocycles. The van der Waals surface area contributed by atoms with Crippen molar-refractivity contribution in [2.45, 2.75) is 6.92 Å². The highest BCUT2D eigenvalue weighted by Crippen LogP contribution is 2.27. The van der Waals surface area contributed by atoms with Crippen molar-refractivity contribution in [3.63, 3.8) is 0 Å². The van der Waals surface area contributed by atoms with Crippen molar-refractivity contribution in [1.29, 1.82) is 0 Å². The molecule has 0 fully saturated rings. The summed E-state index contributed by atoms with van der Waals surface area (Å²) in [6, 6.07) is 4.70. The van der Waals surface area contributed by atoms with Gasteiger partial charge in [0.15, 0.2) is 11.6 Å². The fourth-order valence-corrected chi connectivity index (χ4v) is 1.86. The number of hydrogen-bond donors (Lipinski definition) is 3. The molecule has 0 radical (unpaired) electrons. The van der Waals surface area contributed by atoms with Gasteiger partial charge in [-0.25, -0.2) is 14.4 Å². The van der Waals surface area contributed by atoms with Crippen LogP contribution in [0.1, 0.15) is 6.92 Å². The first-order valence-corrected chi connectivity index (χ1v) is 6.47. The molecule has 0 saturated heterocycles. The van der Waals surface area contributed by atoms with Crippen molar-refractivity contribution in [3.05, 3.63) is 34.8 Å². The summed E-state index contributed by atoms with van der Waals surface area (Å²) in [5.41, 5.74) is 6.57. The zero-order valence-corrected chi connectivity index (χ0v) is 11.8. The topological polar surface area (TPSA) is 75.9 Å². The molecule has 5 nitrogen and oxygen atoms in total. The Balaban J connectivity index is 2.30. The van der Waals surface area contributed by atoms with Crippen LogP contribution in [0.25, 0.3) is 0 Å². The van der Waals surface area contributed by atoms with E-state index in [1.807, 2.05) is 6.92 Å². The number of aromatic nitrogens is 2. The van der Waals surface area contributed by atoms with E-state index in [-0.39, 0.29) is 0 Å². The normalized spacial score (nSPS) is 10.3. The lowest BCUT2D eigenvalue weighted by Gasteiger charge is -2.12. The van der Waals surface area contributed by atoms with Gasteiger partial charge in [-0.15, -0.1) is 0 Å². The Morgan fingerprint density at radius 2 is 2.05 bits per heavy atom. The number of anilines is 4. The molecule has 0 aliphatic rings. The third-order valence-electron chi connectivity index (χ3n) is 2.41. The van der Waals surface area contributed by atoms with Gasteiger partial charge < -0.3 is 16.4 Å². The van der Waals surface area contributed by atoms with Gasteiger partial charge in [0.05, 0.1) is 5.69 Å². The summed E-state index contributed by atoms with van der Waals surface area (Å²) in [5, 5.41) is 5.86. The lowest BCUT2D eigenvalue weighted by atomic mass is 10.3. The smallest absolute Gasteiger partial charge is 0.159 e. The van der Waals surface area contributed by atoms with Gasteiger partial charge in [-0.3, -0.25) is 0 Å². The van der Waals surface area contributed by atoms with E-state index >= 15 is 0 Å². The molecule has 4 N–H and O–H groups in total. The van der Waals surface area contributed by atoms with E-state index in [1.165, 1.54) is 12.4 Å². The van der Waals surface area contributed by atoms with Gasteiger partial charge in [0.2, 0.25) is 0 Å². The average Bonchev–Trinajstić information content (AvgIpc) is 2.37. The van der Waals surface area contributed by atoms with Crippen molar-refractivity contribution in [1.82, 2.24) is 9.97 Å². The van der Waals surface area contributed by atoms with E-state index < -0.39 is 5.82 Å². The van der Waals surface area contributed by atoms with Gasteiger partial charge >= 0.3 is 0 Å². The van der Waals surface area contributed by atoms with Crippen LogP contribution in [-0.4, -0.2) is 16.5 Å². The number of nitrogens with one attached hydrogen (secondary N) is 2.